The van der Waals surface area contributed by atoms with E-state index in [0.29, 0.717) is 6.42 Å². The Morgan fingerprint density at radius 2 is 1.35 bits per heavy atom. The highest BCUT2D eigenvalue weighted by Gasteiger charge is 2.44. The fourth-order valence-electron chi connectivity index (χ4n) is 1.46. The molecule has 1 atom stereocenters. The van der Waals surface area contributed by atoms with Gasteiger partial charge in [0.05, 0.1) is 6.26 Å². The van der Waals surface area contributed by atoms with Crippen LogP contribution >= 0.6 is 0 Å². The molecule has 0 bridgehead atoms. The monoisotopic (exact) mass is 355 g/mol. The number of nitrogens with zero attached hydrogens (tertiary/aromatic N) is 1. The molecule has 0 aromatic rings. The van der Waals surface area contributed by atoms with Gasteiger partial charge in [-0.3, -0.25) is 0 Å². The van der Waals surface area contributed by atoms with Crippen LogP contribution in [-0.2, 0) is 8.85 Å². The Morgan fingerprint density at radius 3 is 1.65 bits per heavy atom. The lowest BCUT2D eigenvalue weighted by molar-refractivity contribution is 0.151. The summed E-state index contributed by atoms with van der Waals surface area (Å²) in [6, 6.07) is 2.38. The first-order valence-electron chi connectivity index (χ1n) is 8.50. The highest BCUT2D eigenvalue weighted by molar-refractivity contribution is 6.74. The molecule has 0 N–H and O–H groups in total. The molecule has 0 aliphatic heterocycles. The van der Waals surface area contributed by atoms with Crippen LogP contribution in [0.15, 0.2) is 12.3 Å². The summed E-state index contributed by atoms with van der Waals surface area (Å²) in [4.78, 5) is 0. The molecule has 0 saturated carbocycles. The predicted octanol–water partition coefficient (Wildman–Crippen LogP) is 6.22. The van der Waals surface area contributed by atoms with Crippen molar-refractivity contribution in [3.63, 3.8) is 0 Å². The second-order valence-electron chi connectivity index (χ2n) is 9.40. The minimum atomic E-state index is -2.03. The Morgan fingerprint density at radius 1 is 0.913 bits per heavy atom. The first-order chi connectivity index (χ1) is 10.0. The van der Waals surface area contributed by atoms with Crippen LogP contribution in [0.2, 0.25) is 36.3 Å². The summed E-state index contributed by atoms with van der Waals surface area (Å²) >= 11 is 0. The Labute approximate surface area is 146 Å². The van der Waals surface area contributed by atoms with Crippen LogP contribution in [0.4, 0.5) is 0 Å². The van der Waals surface area contributed by atoms with Gasteiger partial charge in [-0.1, -0.05) is 48.5 Å². The van der Waals surface area contributed by atoms with Gasteiger partial charge in [0, 0.05) is 0 Å². The van der Waals surface area contributed by atoms with Crippen LogP contribution in [-0.4, -0.2) is 22.2 Å². The average Bonchev–Trinajstić information content (AvgIpc) is 2.34. The van der Waals surface area contributed by atoms with Gasteiger partial charge in [0.2, 0.25) is 8.32 Å². The highest BCUT2D eigenvalue weighted by Crippen LogP contribution is 2.40. The standard InChI is InChI=1S/C18H37NO2Si2/c1-12-18(15-19,21-23(10,11)17(5,6)7)13-14-20-22(8,9)16(2,3)4/h13-14H,12H2,1-11H3/b14-13+/t18-/m0/s1. The van der Waals surface area contributed by atoms with Crippen LogP contribution in [0, 0.1) is 11.3 Å². The van der Waals surface area contributed by atoms with Crippen molar-refractivity contribution in [2.45, 2.75) is 96.8 Å². The van der Waals surface area contributed by atoms with Crippen LogP contribution in [0.1, 0.15) is 54.9 Å². The van der Waals surface area contributed by atoms with Crippen molar-refractivity contribution in [1.29, 1.82) is 5.26 Å². The van der Waals surface area contributed by atoms with Crippen molar-refractivity contribution < 1.29 is 8.85 Å². The molecule has 0 radical (unpaired) electrons. The van der Waals surface area contributed by atoms with E-state index in [1.165, 1.54) is 0 Å². The van der Waals surface area contributed by atoms with E-state index in [-0.39, 0.29) is 10.1 Å². The molecule has 134 valence electrons. The molecule has 0 aliphatic carbocycles. The van der Waals surface area contributed by atoms with Crippen LogP contribution in [0.3, 0.4) is 0 Å². The molecule has 0 saturated heterocycles. The van der Waals surface area contributed by atoms with E-state index in [9.17, 15) is 5.26 Å². The van der Waals surface area contributed by atoms with Crippen molar-refractivity contribution in [1.82, 2.24) is 0 Å². The molecule has 3 nitrogen and oxygen atoms in total. The summed E-state index contributed by atoms with van der Waals surface area (Å²) < 4.78 is 12.5. The molecule has 0 fully saturated rings. The van der Waals surface area contributed by atoms with Gasteiger partial charge < -0.3 is 8.85 Å². The molecule has 0 unspecified atom stereocenters. The third-order valence-electron chi connectivity index (χ3n) is 5.46. The minimum absolute atomic E-state index is 0.0679. The molecule has 0 aliphatic rings. The summed E-state index contributed by atoms with van der Waals surface area (Å²) in [5.41, 5.74) is -0.897. The van der Waals surface area contributed by atoms with Crippen molar-refractivity contribution >= 4 is 16.6 Å². The smallest absolute Gasteiger partial charge is 0.249 e. The number of rotatable bonds is 6. The lowest BCUT2D eigenvalue weighted by Gasteiger charge is -2.41. The molecular weight excluding hydrogens is 318 g/mol. The largest absolute Gasteiger partial charge is 0.549 e. The van der Waals surface area contributed by atoms with Crippen LogP contribution < -0.4 is 0 Å². The Balaban J connectivity index is 5.37. The predicted molar refractivity (Wildman–Crippen MR) is 104 cm³/mol. The van der Waals surface area contributed by atoms with Gasteiger partial charge in [0.25, 0.3) is 0 Å². The summed E-state index contributed by atoms with van der Waals surface area (Å²) in [6.07, 6.45) is 4.17. The zero-order valence-corrected chi connectivity index (χ0v) is 19.1. The number of hydrogen-bond acceptors (Lipinski definition) is 3. The van der Waals surface area contributed by atoms with Crippen molar-refractivity contribution in [3.05, 3.63) is 12.3 Å². The molecule has 5 heteroatoms. The third-order valence-corrected chi connectivity index (χ3v) is 14.3. The molecule has 0 spiro atoms. The second kappa shape index (κ2) is 7.12. The maximum atomic E-state index is 9.75. The fourth-order valence-corrected chi connectivity index (χ4v) is 3.70. The van der Waals surface area contributed by atoms with E-state index in [0.717, 1.165) is 0 Å². The maximum Gasteiger partial charge on any atom is 0.249 e. The van der Waals surface area contributed by atoms with Gasteiger partial charge >= 0.3 is 0 Å². The van der Waals surface area contributed by atoms with Gasteiger partial charge in [0.1, 0.15) is 6.07 Å². The van der Waals surface area contributed by atoms with Crippen LogP contribution in [0.5, 0.6) is 0 Å². The zero-order chi connectivity index (χ0) is 18.7. The van der Waals surface area contributed by atoms with E-state index < -0.39 is 22.2 Å². The van der Waals surface area contributed by atoms with Crippen molar-refractivity contribution in [2.75, 3.05) is 0 Å². The fraction of sp³-hybridized carbons (Fsp3) is 0.833. The molecule has 0 aromatic carbocycles. The Bertz CT molecular complexity index is 465. The van der Waals surface area contributed by atoms with E-state index in [1.807, 2.05) is 13.0 Å². The SMILES string of the molecule is CC[C@@](C#N)(/C=C/O[Si](C)(C)C(C)(C)C)O[Si](C)(C)C(C)(C)C. The summed E-state index contributed by atoms with van der Waals surface area (Å²) in [5.74, 6) is 0. The summed E-state index contributed by atoms with van der Waals surface area (Å²) in [7, 11) is -3.90. The van der Waals surface area contributed by atoms with E-state index in [4.69, 9.17) is 8.85 Å². The maximum absolute atomic E-state index is 9.75. The van der Waals surface area contributed by atoms with Gasteiger partial charge in [-0.2, -0.15) is 5.26 Å². The molecule has 0 heterocycles. The normalized spacial score (nSPS) is 17.0. The van der Waals surface area contributed by atoms with Crippen molar-refractivity contribution in [3.8, 4) is 6.07 Å². The molecular formula is C18H37NO2Si2. The minimum Gasteiger partial charge on any atom is -0.549 e. The highest BCUT2D eigenvalue weighted by atomic mass is 28.4. The first kappa shape index (κ1) is 22.4. The topological polar surface area (TPSA) is 42.2 Å². The quantitative estimate of drug-likeness (QED) is 0.420. The Hall–Kier alpha value is -0.576. The molecule has 0 rings (SSSR count). The van der Waals surface area contributed by atoms with E-state index in [1.54, 1.807) is 6.26 Å². The van der Waals surface area contributed by atoms with E-state index in [2.05, 4.69) is 73.8 Å². The van der Waals surface area contributed by atoms with Crippen LogP contribution in [0.25, 0.3) is 0 Å². The summed E-state index contributed by atoms with van der Waals surface area (Å²) in [6.45, 7) is 23.9. The van der Waals surface area contributed by atoms with Gasteiger partial charge in [-0.05, 0) is 48.8 Å². The lowest BCUT2D eigenvalue weighted by atomic mass is 10.0. The average molecular weight is 356 g/mol. The molecule has 23 heavy (non-hydrogen) atoms. The zero-order valence-electron chi connectivity index (χ0n) is 17.1. The van der Waals surface area contributed by atoms with E-state index >= 15 is 0 Å². The van der Waals surface area contributed by atoms with Crippen molar-refractivity contribution in [2.24, 2.45) is 0 Å². The Kier molecular flexibility index (Phi) is 6.94. The summed E-state index contributed by atoms with van der Waals surface area (Å²) in [5, 5.41) is 9.95. The number of hydrogen-bond donors (Lipinski definition) is 0. The lowest BCUT2D eigenvalue weighted by Crippen LogP contribution is -2.48. The third kappa shape index (κ3) is 5.77. The van der Waals surface area contributed by atoms with Gasteiger partial charge in [-0.15, -0.1) is 0 Å². The molecule has 0 amide bonds. The van der Waals surface area contributed by atoms with Gasteiger partial charge in [0.15, 0.2) is 13.9 Å². The molecule has 0 aromatic heterocycles. The second-order valence-corrected chi connectivity index (χ2v) is 18.9. The first-order valence-corrected chi connectivity index (χ1v) is 14.3. The van der Waals surface area contributed by atoms with Gasteiger partial charge in [-0.25, -0.2) is 0 Å². The number of nitriles is 1.